The Morgan fingerprint density at radius 2 is 1.67 bits per heavy atom. The zero-order chi connectivity index (χ0) is 18.5. The molecular weight excluding hydrogens is 338 g/mol. The van der Waals surface area contributed by atoms with Gasteiger partial charge in [0, 0.05) is 44.1 Å². The summed E-state index contributed by atoms with van der Waals surface area (Å²) in [5.41, 5.74) is 2.98. The van der Waals surface area contributed by atoms with Crippen LogP contribution in [0.5, 0.6) is 0 Å². The number of benzene rings is 1. The number of hydrogen-bond acceptors (Lipinski definition) is 4. The molecule has 0 unspecified atom stereocenters. The van der Waals surface area contributed by atoms with Crippen molar-refractivity contribution in [1.29, 1.82) is 0 Å². The molecule has 1 saturated heterocycles. The van der Waals surface area contributed by atoms with E-state index in [9.17, 15) is 4.79 Å². The van der Waals surface area contributed by atoms with E-state index in [1.165, 1.54) is 0 Å². The van der Waals surface area contributed by atoms with E-state index < -0.39 is 0 Å². The van der Waals surface area contributed by atoms with Crippen LogP contribution in [0.3, 0.4) is 0 Å². The molecule has 0 radical (unpaired) electrons. The normalized spacial score (nSPS) is 14.1. The minimum atomic E-state index is -0.0879. The van der Waals surface area contributed by atoms with Gasteiger partial charge in [-0.2, -0.15) is 0 Å². The first-order valence-corrected chi connectivity index (χ1v) is 9.02. The number of carbonyl (C=O) groups is 1. The third kappa shape index (κ3) is 4.06. The van der Waals surface area contributed by atoms with E-state index in [4.69, 9.17) is 0 Å². The first kappa shape index (κ1) is 17.0. The number of urea groups is 1. The van der Waals surface area contributed by atoms with Crippen molar-refractivity contribution in [3.8, 4) is 11.1 Å². The second-order valence-corrected chi connectivity index (χ2v) is 6.42. The number of nitrogens with zero attached hydrogens (tertiary/aromatic N) is 4. The molecule has 3 aromatic rings. The quantitative estimate of drug-likeness (QED) is 0.777. The average Bonchev–Trinajstić information content (AvgIpc) is 2.75. The van der Waals surface area contributed by atoms with Gasteiger partial charge in [0.25, 0.3) is 0 Å². The molecule has 0 aliphatic carbocycles. The maximum Gasteiger partial charge on any atom is 0.322 e. The highest BCUT2D eigenvalue weighted by molar-refractivity contribution is 5.89. The minimum absolute atomic E-state index is 0.0879. The molecule has 6 nitrogen and oxygen atoms in total. The molecule has 3 heterocycles. The third-order valence-corrected chi connectivity index (χ3v) is 4.66. The molecule has 1 aromatic carbocycles. The fourth-order valence-electron chi connectivity index (χ4n) is 3.15. The number of rotatable bonds is 3. The lowest BCUT2D eigenvalue weighted by molar-refractivity contribution is 0.208. The standard InChI is InChI=1S/C21H21N5O/c27-21(24-19-7-4-10-22-16-19)26-13-11-25(12-14-26)20-9-8-18(15-23-20)17-5-2-1-3-6-17/h1-10,15-16H,11-14H2,(H,24,27). The smallest absolute Gasteiger partial charge is 0.322 e. The van der Waals surface area contributed by atoms with Gasteiger partial charge < -0.3 is 15.1 Å². The van der Waals surface area contributed by atoms with Crippen molar-refractivity contribution in [3.63, 3.8) is 0 Å². The molecule has 1 aliphatic rings. The summed E-state index contributed by atoms with van der Waals surface area (Å²) in [6.45, 7) is 2.85. The van der Waals surface area contributed by atoms with E-state index >= 15 is 0 Å². The number of nitrogens with one attached hydrogen (secondary N) is 1. The lowest BCUT2D eigenvalue weighted by atomic mass is 10.1. The highest BCUT2D eigenvalue weighted by atomic mass is 16.2. The van der Waals surface area contributed by atoms with Gasteiger partial charge in [-0.3, -0.25) is 4.98 Å². The van der Waals surface area contributed by atoms with Crippen molar-refractivity contribution >= 4 is 17.5 Å². The van der Waals surface area contributed by atoms with Crippen molar-refractivity contribution in [2.24, 2.45) is 0 Å². The van der Waals surface area contributed by atoms with Crippen LogP contribution in [0.2, 0.25) is 0 Å². The zero-order valence-electron chi connectivity index (χ0n) is 15.0. The largest absolute Gasteiger partial charge is 0.353 e. The Labute approximate surface area is 158 Å². The molecule has 0 saturated carbocycles. The van der Waals surface area contributed by atoms with Crippen LogP contribution in [0.4, 0.5) is 16.3 Å². The van der Waals surface area contributed by atoms with Crippen molar-refractivity contribution in [3.05, 3.63) is 73.2 Å². The van der Waals surface area contributed by atoms with Gasteiger partial charge in [0.1, 0.15) is 5.82 Å². The molecule has 2 amide bonds. The summed E-state index contributed by atoms with van der Waals surface area (Å²) in [6, 6.07) is 17.9. The van der Waals surface area contributed by atoms with Gasteiger partial charge in [0.2, 0.25) is 0 Å². The van der Waals surface area contributed by atoms with Gasteiger partial charge in [0.15, 0.2) is 0 Å². The maximum atomic E-state index is 12.4. The number of aromatic nitrogens is 2. The fraction of sp³-hybridized carbons (Fsp3) is 0.190. The molecular formula is C21H21N5O. The van der Waals surface area contributed by atoms with Crippen LogP contribution in [-0.2, 0) is 0 Å². The minimum Gasteiger partial charge on any atom is -0.353 e. The van der Waals surface area contributed by atoms with E-state index in [2.05, 4.69) is 38.4 Å². The molecule has 1 fully saturated rings. The molecule has 2 aromatic heterocycles. The number of amides is 2. The second-order valence-electron chi connectivity index (χ2n) is 6.42. The van der Waals surface area contributed by atoms with E-state index in [1.54, 1.807) is 18.5 Å². The van der Waals surface area contributed by atoms with Crippen molar-refractivity contribution < 1.29 is 4.79 Å². The molecule has 6 heteroatoms. The lowest BCUT2D eigenvalue weighted by Gasteiger charge is -2.35. The van der Waals surface area contributed by atoms with Gasteiger partial charge >= 0.3 is 6.03 Å². The number of carbonyl (C=O) groups excluding carboxylic acids is 1. The zero-order valence-corrected chi connectivity index (χ0v) is 15.0. The molecule has 27 heavy (non-hydrogen) atoms. The molecule has 4 rings (SSSR count). The van der Waals surface area contributed by atoms with Gasteiger partial charge in [-0.15, -0.1) is 0 Å². The molecule has 136 valence electrons. The summed E-state index contributed by atoms with van der Waals surface area (Å²) in [6.07, 6.45) is 5.24. The highest BCUT2D eigenvalue weighted by Crippen LogP contribution is 2.21. The number of hydrogen-bond donors (Lipinski definition) is 1. The Kier molecular flexibility index (Phi) is 4.96. The van der Waals surface area contributed by atoms with Crippen molar-refractivity contribution in [2.75, 3.05) is 36.4 Å². The summed E-state index contributed by atoms with van der Waals surface area (Å²) >= 11 is 0. The van der Waals surface area contributed by atoms with Crippen LogP contribution >= 0.6 is 0 Å². The van der Waals surface area contributed by atoms with Gasteiger partial charge in [-0.1, -0.05) is 30.3 Å². The topological polar surface area (TPSA) is 61.4 Å². The highest BCUT2D eigenvalue weighted by Gasteiger charge is 2.22. The van der Waals surface area contributed by atoms with E-state index in [0.29, 0.717) is 18.8 Å². The van der Waals surface area contributed by atoms with Crippen molar-refractivity contribution in [2.45, 2.75) is 0 Å². The number of anilines is 2. The Balaban J connectivity index is 1.34. The summed E-state index contributed by atoms with van der Waals surface area (Å²) in [4.78, 5) is 25.0. The van der Waals surface area contributed by atoms with Crippen LogP contribution in [0.25, 0.3) is 11.1 Å². The molecule has 0 bridgehead atoms. The Morgan fingerprint density at radius 1 is 0.852 bits per heavy atom. The van der Waals surface area contributed by atoms with Crippen LogP contribution in [0.15, 0.2) is 73.2 Å². The van der Waals surface area contributed by atoms with Crippen LogP contribution in [0, 0.1) is 0 Å². The average molecular weight is 359 g/mol. The fourth-order valence-corrected chi connectivity index (χ4v) is 3.15. The van der Waals surface area contributed by atoms with E-state index in [0.717, 1.165) is 30.0 Å². The SMILES string of the molecule is O=C(Nc1cccnc1)N1CCN(c2ccc(-c3ccccc3)cn2)CC1. The monoisotopic (exact) mass is 359 g/mol. The molecule has 0 spiro atoms. The van der Waals surface area contributed by atoms with E-state index in [-0.39, 0.29) is 6.03 Å². The number of piperazine rings is 1. The first-order valence-electron chi connectivity index (χ1n) is 9.02. The third-order valence-electron chi connectivity index (χ3n) is 4.66. The van der Waals surface area contributed by atoms with Crippen LogP contribution in [0.1, 0.15) is 0 Å². The first-order chi connectivity index (χ1) is 13.3. The van der Waals surface area contributed by atoms with Gasteiger partial charge in [-0.25, -0.2) is 9.78 Å². The summed E-state index contributed by atoms with van der Waals surface area (Å²) in [7, 11) is 0. The van der Waals surface area contributed by atoms with Gasteiger partial charge in [-0.05, 0) is 29.8 Å². The molecule has 0 atom stereocenters. The van der Waals surface area contributed by atoms with Gasteiger partial charge in [0.05, 0.1) is 11.9 Å². The summed E-state index contributed by atoms with van der Waals surface area (Å²) in [5.74, 6) is 0.946. The van der Waals surface area contributed by atoms with E-state index in [1.807, 2.05) is 41.4 Å². The Morgan fingerprint density at radius 3 is 2.33 bits per heavy atom. The van der Waals surface area contributed by atoms with Crippen molar-refractivity contribution in [1.82, 2.24) is 14.9 Å². The Bertz CT molecular complexity index is 875. The van der Waals surface area contributed by atoms with Crippen LogP contribution in [-0.4, -0.2) is 47.1 Å². The lowest BCUT2D eigenvalue weighted by Crippen LogP contribution is -2.50. The van der Waals surface area contributed by atoms with Crippen LogP contribution < -0.4 is 10.2 Å². The molecule has 1 aliphatic heterocycles. The predicted octanol–water partition coefficient (Wildman–Crippen LogP) is 3.50. The predicted molar refractivity (Wildman–Crippen MR) is 107 cm³/mol. The maximum absolute atomic E-state index is 12.4. The second kappa shape index (κ2) is 7.86. The summed E-state index contributed by atoms with van der Waals surface area (Å²) < 4.78 is 0. The molecule has 1 N–H and O–H groups in total. The Hall–Kier alpha value is -3.41. The number of pyridine rings is 2. The summed E-state index contributed by atoms with van der Waals surface area (Å²) in [5, 5.41) is 2.88.